The second-order valence-corrected chi connectivity index (χ2v) is 14.8. The number of hydrogen-bond acceptors (Lipinski definition) is 4. The summed E-state index contributed by atoms with van der Waals surface area (Å²) < 4.78 is 11.9. The molecule has 44 heavy (non-hydrogen) atoms. The van der Waals surface area contributed by atoms with Crippen LogP contribution in [0.4, 0.5) is 9.59 Å². The number of fused-ring (bicyclic) bond motifs is 5. The van der Waals surface area contributed by atoms with Crippen LogP contribution in [0.2, 0.25) is 0 Å². The van der Waals surface area contributed by atoms with Crippen molar-refractivity contribution in [3.63, 3.8) is 0 Å². The van der Waals surface area contributed by atoms with Gasteiger partial charge < -0.3 is 20.1 Å². The van der Waals surface area contributed by atoms with E-state index in [4.69, 9.17) is 9.47 Å². The molecular weight excluding hydrogens is 548 g/mol. The Morgan fingerprint density at radius 3 is 2.11 bits per heavy atom. The Morgan fingerprint density at radius 2 is 1.45 bits per heavy atom. The molecule has 3 fully saturated rings. The molecule has 0 heterocycles. The monoisotopic (exact) mass is 598 g/mol. The van der Waals surface area contributed by atoms with Crippen molar-refractivity contribution in [3.8, 4) is 0 Å². The van der Waals surface area contributed by atoms with Gasteiger partial charge in [0.05, 0.1) is 24.3 Å². The molecule has 6 nitrogen and oxygen atoms in total. The summed E-state index contributed by atoms with van der Waals surface area (Å²) in [7, 11) is 0. The zero-order valence-corrected chi connectivity index (χ0v) is 27.4. The van der Waals surface area contributed by atoms with Crippen LogP contribution in [-0.4, -0.2) is 25.4 Å². The highest BCUT2D eigenvalue weighted by Gasteiger charge is 2.63. The second kappa shape index (κ2) is 12.1. The number of carbonyl (C=O) groups is 2. The molecule has 2 N–H and O–H groups in total. The van der Waals surface area contributed by atoms with Crippen molar-refractivity contribution in [3.05, 3.63) is 83.9 Å². The highest BCUT2D eigenvalue weighted by atomic mass is 16.6. The molecule has 0 aromatic heterocycles. The number of rotatable bonds is 10. The molecule has 0 spiro atoms. The predicted molar refractivity (Wildman–Crippen MR) is 177 cm³/mol. The van der Waals surface area contributed by atoms with Crippen molar-refractivity contribution in [1.29, 1.82) is 0 Å². The third-order valence-electron chi connectivity index (χ3n) is 10.7. The number of carbonyl (C=O) groups excluding carboxylic acids is 2. The van der Waals surface area contributed by atoms with Crippen LogP contribution < -0.4 is 10.6 Å². The molecule has 236 valence electrons. The summed E-state index contributed by atoms with van der Waals surface area (Å²) in [5.74, 6) is 1.99. The Labute approximate surface area is 263 Å². The summed E-state index contributed by atoms with van der Waals surface area (Å²) in [4.78, 5) is 26.1. The maximum atomic E-state index is 13.1. The predicted octanol–water partition coefficient (Wildman–Crippen LogP) is 8.82. The Bertz CT molecular complexity index is 1420. The standard InChI is InChI=1S/C38H50N2O4/c1-24(2)26-15-17-29(18-16-26)36(5,6)39-34(41)43-22-28-20-38(21-32(28)31-13-10-14-33(31)38)23-44-35(42)40-37(7,8)30-12-9-11-27(19-30)25(3)4/h9,11-12,15-19,28,31-33H,1,3,10,13-14,20-23H2,2,4-8H3,(H,39,41)(H,40,42). The van der Waals surface area contributed by atoms with Gasteiger partial charge in [-0.15, -0.1) is 0 Å². The highest BCUT2D eigenvalue weighted by Crippen LogP contribution is 2.67. The molecule has 0 aliphatic heterocycles. The van der Waals surface area contributed by atoms with Gasteiger partial charge in [0.25, 0.3) is 0 Å². The third-order valence-corrected chi connectivity index (χ3v) is 10.7. The van der Waals surface area contributed by atoms with Gasteiger partial charge in [-0.1, -0.05) is 73.2 Å². The van der Waals surface area contributed by atoms with Crippen LogP contribution >= 0.6 is 0 Å². The van der Waals surface area contributed by atoms with E-state index in [0.717, 1.165) is 46.2 Å². The maximum absolute atomic E-state index is 13.1. The van der Waals surface area contributed by atoms with E-state index in [1.165, 1.54) is 19.3 Å². The minimum Gasteiger partial charge on any atom is -0.449 e. The average molecular weight is 599 g/mol. The van der Waals surface area contributed by atoms with Crippen LogP contribution in [-0.2, 0) is 20.6 Å². The van der Waals surface area contributed by atoms with Crippen molar-refractivity contribution < 1.29 is 19.1 Å². The number of ether oxygens (including phenoxy) is 2. The fourth-order valence-electron chi connectivity index (χ4n) is 8.33. The zero-order chi connectivity index (χ0) is 31.9. The van der Waals surface area contributed by atoms with E-state index in [9.17, 15) is 9.59 Å². The fraction of sp³-hybridized carbons (Fsp3) is 0.526. The Kier molecular flexibility index (Phi) is 8.76. The molecule has 2 amide bonds. The lowest BCUT2D eigenvalue weighted by molar-refractivity contribution is 0.0169. The lowest BCUT2D eigenvalue weighted by Crippen LogP contribution is -2.44. The quantitative estimate of drug-likeness (QED) is 0.287. The normalized spacial score (nSPS) is 25.7. The van der Waals surface area contributed by atoms with E-state index >= 15 is 0 Å². The molecule has 3 aliphatic rings. The number of nitrogens with one attached hydrogen (secondary N) is 2. The minimum absolute atomic E-state index is 0.0397. The second-order valence-electron chi connectivity index (χ2n) is 14.8. The molecule has 0 saturated heterocycles. The summed E-state index contributed by atoms with van der Waals surface area (Å²) in [6.07, 6.45) is 4.81. The van der Waals surface area contributed by atoms with E-state index in [0.29, 0.717) is 31.0 Å². The first kappa shape index (κ1) is 31.9. The lowest BCUT2D eigenvalue weighted by atomic mass is 9.69. The van der Waals surface area contributed by atoms with Gasteiger partial charge in [-0.05, 0) is 119 Å². The molecule has 5 rings (SSSR count). The molecule has 3 saturated carbocycles. The number of hydrogen-bond donors (Lipinski definition) is 2. The minimum atomic E-state index is -0.589. The molecule has 2 aromatic carbocycles. The van der Waals surface area contributed by atoms with Crippen molar-refractivity contribution in [2.24, 2.45) is 29.1 Å². The number of allylic oxidation sites excluding steroid dienone is 2. The number of alkyl carbamates (subject to hydrolysis) is 2. The van der Waals surface area contributed by atoms with Crippen LogP contribution in [0.5, 0.6) is 0 Å². The Balaban J connectivity index is 1.17. The van der Waals surface area contributed by atoms with Crippen molar-refractivity contribution in [2.45, 2.75) is 84.7 Å². The average Bonchev–Trinajstić information content (AvgIpc) is 3.68. The van der Waals surface area contributed by atoms with E-state index in [1.54, 1.807) is 0 Å². The van der Waals surface area contributed by atoms with Crippen LogP contribution in [0.25, 0.3) is 11.1 Å². The van der Waals surface area contributed by atoms with Gasteiger partial charge in [-0.25, -0.2) is 9.59 Å². The van der Waals surface area contributed by atoms with Gasteiger partial charge in [0, 0.05) is 5.41 Å². The summed E-state index contributed by atoms with van der Waals surface area (Å²) >= 11 is 0. The van der Waals surface area contributed by atoms with Crippen LogP contribution in [0, 0.1) is 29.1 Å². The van der Waals surface area contributed by atoms with E-state index in [1.807, 2.05) is 84.0 Å². The van der Waals surface area contributed by atoms with Crippen LogP contribution in [0.1, 0.15) is 95.9 Å². The molecule has 6 heteroatoms. The van der Waals surface area contributed by atoms with Gasteiger partial charge in [-0.3, -0.25) is 0 Å². The summed E-state index contributed by atoms with van der Waals surface area (Å²) in [5, 5.41) is 6.16. The van der Waals surface area contributed by atoms with E-state index in [-0.39, 0.29) is 17.4 Å². The lowest BCUT2D eigenvalue weighted by Gasteiger charge is -2.39. The van der Waals surface area contributed by atoms with Gasteiger partial charge in [0.1, 0.15) is 0 Å². The first-order valence-corrected chi connectivity index (χ1v) is 16.1. The largest absolute Gasteiger partial charge is 0.449 e. The van der Waals surface area contributed by atoms with Crippen molar-refractivity contribution in [1.82, 2.24) is 10.6 Å². The SMILES string of the molecule is C=C(C)c1ccc(C(C)(C)NC(=O)OCC2CC3(COC(=O)NC(C)(C)c4cccc(C(=C)C)c4)CC2C2CCCC23)cc1. The van der Waals surface area contributed by atoms with Gasteiger partial charge in [0.2, 0.25) is 0 Å². The molecule has 2 aromatic rings. The first-order chi connectivity index (χ1) is 20.7. The molecule has 5 unspecified atom stereocenters. The van der Waals surface area contributed by atoms with Crippen molar-refractivity contribution >= 4 is 23.3 Å². The molecule has 5 atom stereocenters. The maximum Gasteiger partial charge on any atom is 0.407 e. The fourth-order valence-corrected chi connectivity index (χ4v) is 8.33. The van der Waals surface area contributed by atoms with E-state index < -0.39 is 17.2 Å². The highest BCUT2D eigenvalue weighted by molar-refractivity contribution is 5.70. The summed E-state index contributed by atoms with van der Waals surface area (Å²) in [6.45, 7) is 20.8. The van der Waals surface area contributed by atoms with Crippen LogP contribution in [0.15, 0.2) is 61.7 Å². The summed E-state index contributed by atoms with van der Waals surface area (Å²) in [5.41, 5.74) is 4.95. The topological polar surface area (TPSA) is 76.7 Å². The Hall–Kier alpha value is -3.54. The van der Waals surface area contributed by atoms with E-state index in [2.05, 4.69) is 29.9 Å². The Morgan fingerprint density at radius 1 is 0.818 bits per heavy atom. The molecule has 0 radical (unpaired) electrons. The van der Waals surface area contributed by atoms with Gasteiger partial charge >= 0.3 is 12.2 Å². The number of amides is 2. The number of benzene rings is 2. The smallest absolute Gasteiger partial charge is 0.407 e. The molecular formula is C38H50N2O4. The first-order valence-electron chi connectivity index (χ1n) is 16.1. The zero-order valence-electron chi connectivity index (χ0n) is 27.4. The van der Waals surface area contributed by atoms with Crippen molar-refractivity contribution in [2.75, 3.05) is 13.2 Å². The molecule has 2 bridgehead atoms. The molecule has 3 aliphatic carbocycles. The summed E-state index contributed by atoms with van der Waals surface area (Å²) in [6, 6.07) is 16.2. The van der Waals surface area contributed by atoms with Crippen LogP contribution in [0.3, 0.4) is 0 Å². The third kappa shape index (κ3) is 6.45. The van der Waals surface area contributed by atoms with Gasteiger partial charge in [0.15, 0.2) is 0 Å². The van der Waals surface area contributed by atoms with Gasteiger partial charge in [-0.2, -0.15) is 0 Å².